The molecule has 240 valence electrons. The Balaban J connectivity index is -0.0000000506. The van der Waals surface area contributed by atoms with Gasteiger partial charge in [0.2, 0.25) is 0 Å². The monoisotopic (exact) mass is 792 g/mol. The molecule has 0 bridgehead atoms. The van der Waals surface area contributed by atoms with Crippen molar-refractivity contribution < 1.29 is 9.59 Å². The van der Waals surface area contributed by atoms with Crippen LogP contribution in [0.3, 0.4) is 0 Å². The van der Waals surface area contributed by atoms with E-state index in [1.54, 1.807) is 0 Å². The van der Waals surface area contributed by atoms with Crippen molar-refractivity contribution >= 4 is 49.3 Å². The highest BCUT2D eigenvalue weighted by Crippen LogP contribution is 1.89. The Morgan fingerprint density at radius 1 is 0.375 bits per heavy atom. The predicted molar refractivity (Wildman–Crippen MR) is 203 cm³/mol. The first-order valence-electron chi connectivity index (χ1n) is 14.8. The average Bonchev–Trinajstić information content (AvgIpc) is 3.06. The molecule has 6 nitrogen and oxygen atoms in total. The molecular formula is C32H66I2N4O2. The van der Waals surface area contributed by atoms with E-state index in [-0.39, 0.29) is 12.1 Å². The van der Waals surface area contributed by atoms with Crippen LogP contribution in [0.5, 0.6) is 0 Å². The van der Waals surface area contributed by atoms with E-state index in [4.69, 9.17) is 0 Å². The number of urea groups is 2. The number of hydrogen-bond acceptors (Lipinski definition) is 2. The fourth-order valence-corrected chi connectivity index (χ4v) is 1.54. The molecule has 0 spiro atoms. The number of amides is 4. The van der Waals surface area contributed by atoms with Gasteiger partial charge in [0.25, 0.3) is 0 Å². The van der Waals surface area contributed by atoms with Crippen molar-refractivity contribution in [2.24, 2.45) is 0 Å². The molecule has 0 saturated carbocycles. The van der Waals surface area contributed by atoms with Gasteiger partial charge in [-0.2, -0.15) is 0 Å². The third-order valence-electron chi connectivity index (χ3n) is 2.68. The SMILES string of the molecule is CC.CC.CC.CC.CC.CCNC(=O)NCC.CCNC(=O)NCC.II.c1ccccc1.c1ccccc1. The van der Waals surface area contributed by atoms with E-state index in [1.807, 2.05) is 170 Å². The molecule has 2 aromatic carbocycles. The summed E-state index contributed by atoms with van der Waals surface area (Å²) in [6.07, 6.45) is 0. The lowest BCUT2D eigenvalue weighted by Gasteiger charge is -1.99. The van der Waals surface area contributed by atoms with E-state index < -0.39 is 0 Å². The van der Waals surface area contributed by atoms with E-state index in [2.05, 4.69) is 58.5 Å². The molecule has 0 fully saturated rings. The van der Waals surface area contributed by atoms with E-state index in [0.29, 0.717) is 26.2 Å². The van der Waals surface area contributed by atoms with Gasteiger partial charge in [-0.05, 0) is 27.7 Å². The molecular weight excluding hydrogens is 726 g/mol. The molecule has 2 rings (SSSR count). The Morgan fingerprint density at radius 2 is 0.475 bits per heavy atom. The van der Waals surface area contributed by atoms with Gasteiger partial charge in [-0.1, -0.05) is 142 Å². The molecule has 0 aliphatic carbocycles. The zero-order chi connectivity index (χ0) is 33.3. The molecule has 0 aliphatic rings. The molecule has 0 unspecified atom stereocenters. The Hall–Kier alpha value is -1.56. The summed E-state index contributed by atoms with van der Waals surface area (Å²) in [4.78, 5) is 20.8. The molecule has 0 aliphatic heterocycles. The molecule has 8 heteroatoms. The van der Waals surface area contributed by atoms with Crippen molar-refractivity contribution in [2.75, 3.05) is 26.2 Å². The number of benzene rings is 2. The zero-order valence-corrected chi connectivity index (χ0v) is 32.6. The highest BCUT2D eigenvalue weighted by molar-refractivity contribution is 15.0. The van der Waals surface area contributed by atoms with Crippen LogP contribution in [0, 0.1) is 0 Å². The Bertz CT molecular complexity index is 444. The number of hydrogen-bond donors (Lipinski definition) is 4. The predicted octanol–water partition coefficient (Wildman–Crippen LogP) is 10.9. The van der Waals surface area contributed by atoms with Gasteiger partial charge in [-0.25, -0.2) is 9.59 Å². The van der Waals surface area contributed by atoms with Gasteiger partial charge < -0.3 is 21.3 Å². The van der Waals surface area contributed by atoms with E-state index in [1.165, 1.54) is 0 Å². The summed E-state index contributed by atoms with van der Waals surface area (Å²) in [5.74, 6) is 0. The molecule has 0 atom stereocenters. The van der Waals surface area contributed by atoms with Crippen LogP contribution in [-0.2, 0) is 0 Å². The maximum Gasteiger partial charge on any atom is 0.314 e. The Morgan fingerprint density at radius 3 is 0.550 bits per heavy atom. The molecule has 2 aromatic rings. The standard InChI is InChI=1S/2C6H6.2C5H12N2O.5C2H6.I2/c2*1-2-4-6-5-3-1;2*1-3-6-5(8)7-4-2;6*1-2/h2*1-6H;2*3-4H2,1-2H3,(H2,6,7,8);5*1-2H3;. The lowest BCUT2D eigenvalue weighted by molar-refractivity contribution is 0.241. The van der Waals surface area contributed by atoms with Gasteiger partial charge >= 0.3 is 12.1 Å². The van der Waals surface area contributed by atoms with Crippen LogP contribution in [0.4, 0.5) is 9.59 Å². The highest BCUT2D eigenvalue weighted by Gasteiger charge is 1.90. The minimum absolute atomic E-state index is 0.0880. The lowest BCUT2D eigenvalue weighted by atomic mass is 10.4. The molecule has 40 heavy (non-hydrogen) atoms. The summed E-state index contributed by atoms with van der Waals surface area (Å²) < 4.78 is 0. The minimum Gasteiger partial charge on any atom is -0.338 e. The zero-order valence-electron chi connectivity index (χ0n) is 28.3. The molecule has 4 amide bonds. The van der Waals surface area contributed by atoms with Gasteiger partial charge in [-0.15, -0.1) is 0 Å². The number of carbonyl (C=O) groups excluding carboxylic acids is 2. The summed E-state index contributed by atoms with van der Waals surface area (Å²) in [7, 11) is 0. The first-order chi connectivity index (χ1) is 19.6. The molecule has 0 saturated heterocycles. The van der Waals surface area contributed by atoms with Crippen molar-refractivity contribution in [3.05, 3.63) is 72.8 Å². The molecule has 0 radical (unpaired) electrons. The summed E-state index contributed by atoms with van der Waals surface area (Å²) in [6.45, 7) is 30.3. The van der Waals surface area contributed by atoms with Crippen LogP contribution >= 0.6 is 37.2 Å². The van der Waals surface area contributed by atoms with Gasteiger partial charge in [-0.3, -0.25) is 0 Å². The van der Waals surface area contributed by atoms with Crippen LogP contribution in [-0.4, -0.2) is 38.2 Å². The number of carbonyl (C=O) groups is 2. The number of rotatable bonds is 4. The molecule has 0 heterocycles. The van der Waals surface area contributed by atoms with Crippen LogP contribution in [0.1, 0.15) is 96.9 Å². The quantitative estimate of drug-likeness (QED) is 0.233. The summed E-state index contributed by atoms with van der Waals surface area (Å²) in [6, 6.07) is 23.8. The van der Waals surface area contributed by atoms with Crippen LogP contribution in [0.15, 0.2) is 72.8 Å². The fourth-order valence-electron chi connectivity index (χ4n) is 1.54. The first kappa shape index (κ1) is 58.2. The Kier molecular flexibility index (Phi) is 121. The first-order valence-corrected chi connectivity index (χ1v) is 21.1. The lowest BCUT2D eigenvalue weighted by Crippen LogP contribution is -2.34. The fraction of sp³-hybridized carbons (Fsp3) is 0.562. The van der Waals surface area contributed by atoms with Gasteiger partial charge in [0.05, 0.1) is 0 Å². The van der Waals surface area contributed by atoms with Crippen molar-refractivity contribution in [3.8, 4) is 0 Å². The third kappa shape index (κ3) is 90.9. The number of halogens is 2. The maximum atomic E-state index is 10.4. The maximum absolute atomic E-state index is 10.4. The second kappa shape index (κ2) is 83.2. The number of nitrogens with one attached hydrogen (secondary N) is 4. The van der Waals surface area contributed by atoms with Gasteiger partial charge in [0.1, 0.15) is 0 Å². The largest absolute Gasteiger partial charge is 0.338 e. The molecule has 4 N–H and O–H groups in total. The highest BCUT2D eigenvalue weighted by atomic mass is 128. The smallest absolute Gasteiger partial charge is 0.314 e. The second-order valence-electron chi connectivity index (χ2n) is 5.09. The minimum atomic E-state index is -0.0880. The van der Waals surface area contributed by atoms with Crippen LogP contribution < -0.4 is 21.3 Å². The topological polar surface area (TPSA) is 82.3 Å². The normalized spacial score (nSPS) is 6.60. The molecule has 0 aromatic heterocycles. The third-order valence-corrected chi connectivity index (χ3v) is 2.68. The van der Waals surface area contributed by atoms with Gasteiger partial charge in [0, 0.05) is 63.4 Å². The second-order valence-corrected chi connectivity index (χ2v) is 5.09. The van der Waals surface area contributed by atoms with Crippen molar-refractivity contribution in [1.29, 1.82) is 0 Å². The summed E-state index contributed by atoms with van der Waals surface area (Å²) >= 11 is 4.24. The van der Waals surface area contributed by atoms with E-state index >= 15 is 0 Å². The summed E-state index contributed by atoms with van der Waals surface area (Å²) in [5, 5.41) is 10.4. The van der Waals surface area contributed by atoms with Gasteiger partial charge in [0.15, 0.2) is 0 Å². The van der Waals surface area contributed by atoms with E-state index in [9.17, 15) is 9.59 Å². The Labute approximate surface area is 274 Å². The van der Waals surface area contributed by atoms with Crippen molar-refractivity contribution in [2.45, 2.75) is 96.9 Å². The van der Waals surface area contributed by atoms with Crippen LogP contribution in [0.2, 0.25) is 0 Å². The van der Waals surface area contributed by atoms with E-state index in [0.717, 1.165) is 0 Å². The van der Waals surface area contributed by atoms with Crippen LogP contribution in [0.25, 0.3) is 0 Å². The van der Waals surface area contributed by atoms with Crippen molar-refractivity contribution in [3.63, 3.8) is 0 Å². The van der Waals surface area contributed by atoms with Crippen molar-refractivity contribution in [1.82, 2.24) is 21.3 Å². The average molecular weight is 793 g/mol. The summed E-state index contributed by atoms with van der Waals surface area (Å²) in [5.41, 5.74) is 0.